The zero-order valence-corrected chi connectivity index (χ0v) is 16.8. The Morgan fingerprint density at radius 1 is 1.04 bits per heavy atom. The van der Waals surface area contributed by atoms with E-state index in [9.17, 15) is 0 Å². The van der Waals surface area contributed by atoms with E-state index in [-0.39, 0.29) is 0 Å². The van der Waals surface area contributed by atoms with Gasteiger partial charge in [0, 0.05) is 25.8 Å². The van der Waals surface area contributed by atoms with E-state index in [0.29, 0.717) is 11.7 Å². The number of hydrogen-bond acceptors (Lipinski definition) is 4. The van der Waals surface area contributed by atoms with Gasteiger partial charge >= 0.3 is 0 Å². The second-order valence-electron chi connectivity index (χ2n) is 5.87. The molecule has 0 spiro atoms. The second kappa shape index (κ2) is 11.3. The molecule has 1 aromatic heterocycles. The fourth-order valence-corrected chi connectivity index (χ4v) is 2.67. The highest BCUT2D eigenvalue weighted by Crippen LogP contribution is 2.27. The van der Waals surface area contributed by atoms with Crippen molar-refractivity contribution < 1.29 is 9.47 Å². The van der Waals surface area contributed by atoms with Gasteiger partial charge in [0.05, 0.1) is 14.2 Å². The first-order chi connectivity index (χ1) is 13.2. The summed E-state index contributed by atoms with van der Waals surface area (Å²) in [6.45, 7) is 4.30. The van der Waals surface area contributed by atoms with Crippen LogP contribution in [0, 0.1) is 0 Å². The molecular formula is C20H27ClN4O2. The number of benzene rings is 1. The maximum atomic E-state index is 5.81. The van der Waals surface area contributed by atoms with Crippen LogP contribution < -0.4 is 20.1 Å². The molecule has 1 heterocycles. The number of aromatic nitrogens is 1. The van der Waals surface area contributed by atoms with E-state index in [1.807, 2.05) is 24.3 Å². The predicted octanol–water partition coefficient (Wildman–Crippen LogP) is 3.09. The quantitative estimate of drug-likeness (QED) is 0.391. The summed E-state index contributed by atoms with van der Waals surface area (Å²) >= 11 is 5.81. The third-order valence-electron chi connectivity index (χ3n) is 3.96. The fraction of sp³-hybridized carbons (Fsp3) is 0.400. The molecule has 0 aliphatic rings. The van der Waals surface area contributed by atoms with E-state index in [2.05, 4.69) is 27.5 Å². The lowest BCUT2D eigenvalue weighted by Gasteiger charge is -2.12. The number of nitrogens with zero attached hydrogens (tertiary/aromatic N) is 2. The number of pyridine rings is 1. The van der Waals surface area contributed by atoms with E-state index >= 15 is 0 Å². The van der Waals surface area contributed by atoms with Crippen molar-refractivity contribution in [2.24, 2.45) is 4.99 Å². The van der Waals surface area contributed by atoms with Crippen LogP contribution in [0.5, 0.6) is 11.5 Å². The Morgan fingerprint density at radius 2 is 1.81 bits per heavy atom. The number of methoxy groups -OCH3 is 2. The van der Waals surface area contributed by atoms with Gasteiger partial charge in [-0.2, -0.15) is 0 Å². The van der Waals surface area contributed by atoms with E-state index < -0.39 is 0 Å². The summed E-state index contributed by atoms with van der Waals surface area (Å²) in [7, 11) is 3.28. The van der Waals surface area contributed by atoms with Crippen LogP contribution in [0.3, 0.4) is 0 Å². The lowest BCUT2D eigenvalue weighted by atomic mass is 10.1. The van der Waals surface area contributed by atoms with Crippen molar-refractivity contribution in [3.63, 3.8) is 0 Å². The minimum absolute atomic E-state index is 0.511. The van der Waals surface area contributed by atoms with Crippen LogP contribution in [-0.4, -0.2) is 44.8 Å². The van der Waals surface area contributed by atoms with Crippen molar-refractivity contribution in [1.82, 2.24) is 15.6 Å². The maximum Gasteiger partial charge on any atom is 0.191 e. The Labute approximate surface area is 166 Å². The summed E-state index contributed by atoms with van der Waals surface area (Å²) in [6.07, 6.45) is 3.47. The van der Waals surface area contributed by atoms with Crippen LogP contribution in [0.15, 0.2) is 41.5 Å². The molecule has 0 bridgehead atoms. The summed E-state index contributed by atoms with van der Waals surface area (Å²) in [5.74, 6) is 2.27. The van der Waals surface area contributed by atoms with Gasteiger partial charge in [-0.15, -0.1) is 0 Å². The molecule has 0 fully saturated rings. The normalized spacial score (nSPS) is 11.2. The van der Waals surface area contributed by atoms with Gasteiger partial charge < -0.3 is 20.1 Å². The number of aliphatic imine (C=N–C) groups is 1. The summed E-state index contributed by atoms with van der Waals surface area (Å²) in [6, 6.07) is 9.73. The van der Waals surface area contributed by atoms with Crippen molar-refractivity contribution in [2.75, 3.05) is 33.9 Å². The Bertz CT molecular complexity index is 735. The fourth-order valence-electron chi connectivity index (χ4n) is 2.55. The second-order valence-corrected chi connectivity index (χ2v) is 6.25. The van der Waals surface area contributed by atoms with Gasteiger partial charge in [0.25, 0.3) is 0 Å². The van der Waals surface area contributed by atoms with Crippen molar-refractivity contribution in [1.29, 1.82) is 0 Å². The van der Waals surface area contributed by atoms with Gasteiger partial charge in [-0.1, -0.05) is 23.7 Å². The largest absolute Gasteiger partial charge is 0.493 e. The molecule has 2 N–H and O–H groups in total. The minimum atomic E-state index is 0.511. The van der Waals surface area contributed by atoms with Crippen molar-refractivity contribution in [3.8, 4) is 11.5 Å². The molecule has 2 aromatic rings. The molecule has 0 radical (unpaired) electrons. The van der Waals surface area contributed by atoms with Gasteiger partial charge in [-0.25, -0.2) is 4.98 Å². The van der Waals surface area contributed by atoms with Gasteiger partial charge in [0.2, 0.25) is 0 Å². The molecule has 0 aliphatic heterocycles. The smallest absolute Gasteiger partial charge is 0.191 e. The average Bonchev–Trinajstić information content (AvgIpc) is 2.69. The molecule has 0 atom stereocenters. The summed E-state index contributed by atoms with van der Waals surface area (Å²) in [5.41, 5.74) is 2.28. The lowest BCUT2D eigenvalue weighted by Crippen LogP contribution is -2.38. The molecule has 6 nitrogen and oxygen atoms in total. The first-order valence-corrected chi connectivity index (χ1v) is 9.37. The number of rotatable bonds is 9. The Kier molecular flexibility index (Phi) is 8.71. The zero-order chi connectivity index (χ0) is 19.5. The van der Waals surface area contributed by atoms with Crippen LogP contribution >= 0.6 is 11.6 Å². The lowest BCUT2D eigenvalue weighted by molar-refractivity contribution is 0.354. The van der Waals surface area contributed by atoms with E-state index in [4.69, 9.17) is 21.1 Å². The van der Waals surface area contributed by atoms with Crippen LogP contribution in [0.2, 0.25) is 5.15 Å². The molecule has 27 heavy (non-hydrogen) atoms. The molecule has 0 saturated carbocycles. The van der Waals surface area contributed by atoms with E-state index in [1.54, 1.807) is 26.5 Å². The van der Waals surface area contributed by atoms with Crippen LogP contribution in [0.4, 0.5) is 0 Å². The van der Waals surface area contributed by atoms with Crippen molar-refractivity contribution in [3.05, 3.63) is 52.8 Å². The highest BCUT2D eigenvalue weighted by Gasteiger charge is 2.04. The van der Waals surface area contributed by atoms with Crippen LogP contribution in [0.25, 0.3) is 0 Å². The maximum absolute atomic E-state index is 5.81. The van der Waals surface area contributed by atoms with E-state index in [0.717, 1.165) is 54.5 Å². The molecule has 7 heteroatoms. The number of nitrogens with one attached hydrogen (secondary N) is 2. The molecule has 0 saturated heterocycles. The van der Waals surface area contributed by atoms with Gasteiger partial charge in [-0.05, 0) is 49.1 Å². The molecular weight excluding hydrogens is 364 g/mol. The topological polar surface area (TPSA) is 67.8 Å². The van der Waals surface area contributed by atoms with Crippen molar-refractivity contribution >= 4 is 17.6 Å². The Hall–Kier alpha value is -2.47. The van der Waals surface area contributed by atoms with Crippen LogP contribution in [-0.2, 0) is 12.8 Å². The molecule has 146 valence electrons. The highest BCUT2D eigenvalue weighted by molar-refractivity contribution is 6.29. The molecule has 2 rings (SSSR count). The number of guanidine groups is 1. The number of halogens is 1. The molecule has 0 unspecified atom stereocenters. The SMILES string of the molecule is CCNC(=NCCc1ccc(OC)c(OC)c1)NCCc1ccc(Cl)nc1. The van der Waals surface area contributed by atoms with E-state index in [1.165, 1.54) is 0 Å². The Balaban J connectivity index is 1.86. The monoisotopic (exact) mass is 390 g/mol. The average molecular weight is 391 g/mol. The summed E-state index contributed by atoms with van der Waals surface area (Å²) < 4.78 is 10.6. The number of hydrogen-bond donors (Lipinski definition) is 2. The van der Waals surface area contributed by atoms with Crippen molar-refractivity contribution in [2.45, 2.75) is 19.8 Å². The molecule has 0 amide bonds. The summed E-state index contributed by atoms with van der Waals surface area (Å²) in [5, 5.41) is 7.12. The predicted molar refractivity (Wildman–Crippen MR) is 110 cm³/mol. The first kappa shape index (κ1) is 20.8. The first-order valence-electron chi connectivity index (χ1n) is 8.99. The third kappa shape index (κ3) is 6.98. The Morgan fingerprint density at radius 3 is 2.48 bits per heavy atom. The molecule has 0 aliphatic carbocycles. The standard InChI is InChI=1S/C20H27ClN4O2/c1-4-22-20(24-12-10-16-6-8-19(21)25-14-16)23-11-9-15-5-7-17(26-2)18(13-15)27-3/h5-8,13-14H,4,9-12H2,1-3H3,(H2,22,23,24). The highest BCUT2D eigenvalue weighted by atomic mass is 35.5. The van der Waals surface area contributed by atoms with Crippen LogP contribution in [0.1, 0.15) is 18.1 Å². The molecule has 1 aromatic carbocycles. The summed E-state index contributed by atoms with van der Waals surface area (Å²) in [4.78, 5) is 8.73. The minimum Gasteiger partial charge on any atom is -0.493 e. The van der Waals surface area contributed by atoms with Gasteiger partial charge in [0.1, 0.15) is 5.15 Å². The van der Waals surface area contributed by atoms with Gasteiger partial charge in [0.15, 0.2) is 17.5 Å². The zero-order valence-electron chi connectivity index (χ0n) is 16.1. The number of ether oxygens (including phenoxy) is 2. The van der Waals surface area contributed by atoms with Gasteiger partial charge in [-0.3, -0.25) is 4.99 Å². The third-order valence-corrected chi connectivity index (χ3v) is 4.18.